The van der Waals surface area contributed by atoms with Gasteiger partial charge in [-0.25, -0.2) is 0 Å². The number of carbonyl (C=O) groups excluding carboxylic acids is 1. The maximum absolute atomic E-state index is 12.3. The van der Waals surface area contributed by atoms with Crippen LogP contribution in [0, 0.1) is 6.92 Å². The van der Waals surface area contributed by atoms with E-state index in [9.17, 15) is 4.79 Å². The van der Waals surface area contributed by atoms with Crippen LogP contribution in [0.1, 0.15) is 16.1 Å². The average Bonchev–Trinajstić information content (AvgIpc) is 2.91. The van der Waals surface area contributed by atoms with Crippen molar-refractivity contribution in [2.75, 3.05) is 10.6 Å². The van der Waals surface area contributed by atoms with Crippen LogP contribution in [-0.4, -0.2) is 16.0 Å². The van der Waals surface area contributed by atoms with E-state index in [0.717, 1.165) is 0 Å². The Hall–Kier alpha value is -2.57. The van der Waals surface area contributed by atoms with Crippen molar-refractivity contribution in [3.05, 3.63) is 64.1 Å². The van der Waals surface area contributed by atoms with E-state index in [2.05, 4.69) is 20.8 Å². The van der Waals surface area contributed by atoms with Crippen molar-refractivity contribution >= 4 is 46.3 Å². The van der Waals surface area contributed by atoms with Gasteiger partial charge in [0.2, 0.25) is 0 Å². The van der Waals surface area contributed by atoms with Crippen LogP contribution in [0.2, 0.25) is 10.0 Å². The summed E-state index contributed by atoms with van der Waals surface area (Å²) in [6.07, 6.45) is 3.04. The summed E-state index contributed by atoms with van der Waals surface area (Å²) in [4.78, 5) is 16.4. The number of nitrogens with zero attached hydrogens (tertiary/aromatic N) is 2. The summed E-state index contributed by atoms with van der Waals surface area (Å²) in [5, 5.41) is 10.4. The molecule has 0 atom stereocenters. The van der Waals surface area contributed by atoms with Gasteiger partial charge in [-0.3, -0.25) is 9.78 Å². The molecule has 0 aliphatic heterocycles. The minimum Gasteiger partial charge on any atom is -0.360 e. The van der Waals surface area contributed by atoms with Crippen LogP contribution >= 0.6 is 23.2 Å². The van der Waals surface area contributed by atoms with Crippen LogP contribution in [0.3, 0.4) is 0 Å². The minimum atomic E-state index is -0.333. The Bertz CT molecular complexity index is 875. The molecule has 24 heavy (non-hydrogen) atoms. The van der Waals surface area contributed by atoms with E-state index in [0.29, 0.717) is 38.6 Å². The predicted octanol–water partition coefficient (Wildman–Crippen LogP) is 4.68. The van der Waals surface area contributed by atoms with Gasteiger partial charge in [0, 0.05) is 28.0 Å². The summed E-state index contributed by atoms with van der Waals surface area (Å²) in [7, 11) is 0. The van der Waals surface area contributed by atoms with Gasteiger partial charge in [-0.2, -0.15) is 0 Å². The third kappa shape index (κ3) is 4.04. The maximum atomic E-state index is 12.3. The highest BCUT2D eigenvalue weighted by Gasteiger charge is 2.10. The number of benzene rings is 1. The van der Waals surface area contributed by atoms with Gasteiger partial charge in [0.15, 0.2) is 5.82 Å². The number of pyridine rings is 1. The van der Waals surface area contributed by atoms with Crippen molar-refractivity contribution in [1.82, 2.24) is 10.1 Å². The van der Waals surface area contributed by atoms with Gasteiger partial charge in [-0.05, 0) is 31.2 Å². The van der Waals surface area contributed by atoms with Gasteiger partial charge in [-0.1, -0.05) is 28.4 Å². The zero-order valence-electron chi connectivity index (χ0n) is 12.5. The molecule has 0 aliphatic carbocycles. The summed E-state index contributed by atoms with van der Waals surface area (Å²) in [6, 6.07) is 8.20. The largest absolute Gasteiger partial charge is 0.360 e. The lowest BCUT2D eigenvalue weighted by molar-refractivity contribution is 0.102. The molecule has 0 saturated carbocycles. The SMILES string of the molecule is Cc1cc(Nc2cncc(C(=O)Nc3cc(Cl)cc(Cl)c3)c2)no1. The third-order valence-corrected chi connectivity index (χ3v) is 3.46. The van der Waals surface area contributed by atoms with Gasteiger partial charge in [0.1, 0.15) is 5.76 Å². The second-order valence-corrected chi connectivity index (χ2v) is 5.90. The van der Waals surface area contributed by atoms with Crippen molar-refractivity contribution in [3.63, 3.8) is 0 Å². The Kier molecular flexibility index (Phi) is 4.69. The van der Waals surface area contributed by atoms with E-state index in [4.69, 9.17) is 27.7 Å². The molecule has 0 saturated heterocycles. The Morgan fingerprint density at radius 3 is 2.46 bits per heavy atom. The molecule has 2 heterocycles. The number of hydrogen-bond acceptors (Lipinski definition) is 5. The Balaban J connectivity index is 1.76. The van der Waals surface area contributed by atoms with E-state index in [1.165, 1.54) is 6.20 Å². The quantitative estimate of drug-likeness (QED) is 0.704. The molecule has 0 radical (unpaired) electrons. The number of anilines is 3. The molecule has 3 aromatic rings. The first-order chi connectivity index (χ1) is 11.5. The fourth-order valence-corrected chi connectivity index (χ4v) is 2.56. The summed E-state index contributed by atoms with van der Waals surface area (Å²) >= 11 is 11.8. The van der Waals surface area contributed by atoms with Crippen molar-refractivity contribution in [1.29, 1.82) is 0 Å². The smallest absolute Gasteiger partial charge is 0.257 e. The molecule has 8 heteroatoms. The summed E-state index contributed by atoms with van der Waals surface area (Å²) < 4.78 is 4.98. The Morgan fingerprint density at radius 2 is 1.79 bits per heavy atom. The molecule has 0 spiro atoms. The molecule has 0 bridgehead atoms. The van der Waals surface area contributed by atoms with Crippen LogP contribution in [0.15, 0.2) is 47.2 Å². The number of nitrogens with one attached hydrogen (secondary N) is 2. The standard InChI is InChI=1S/C16H12Cl2N4O2/c1-9-2-15(22-24-9)20-14-3-10(7-19-8-14)16(23)21-13-5-11(17)4-12(18)6-13/h2-8H,1H3,(H,20,22)(H,21,23). The first kappa shape index (κ1) is 16.3. The molecular weight excluding hydrogens is 351 g/mol. The summed E-state index contributed by atoms with van der Waals surface area (Å²) in [5.74, 6) is 0.881. The maximum Gasteiger partial charge on any atom is 0.257 e. The Labute approximate surface area is 147 Å². The molecular formula is C16H12Cl2N4O2. The molecule has 2 aromatic heterocycles. The zero-order valence-corrected chi connectivity index (χ0v) is 14.0. The highest BCUT2D eigenvalue weighted by Crippen LogP contribution is 2.23. The molecule has 2 N–H and O–H groups in total. The first-order valence-corrected chi connectivity index (χ1v) is 7.68. The van der Waals surface area contributed by atoms with E-state index < -0.39 is 0 Å². The molecule has 3 rings (SSSR count). The average molecular weight is 363 g/mol. The van der Waals surface area contributed by atoms with Gasteiger partial charge in [-0.15, -0.1) is 0 Å². The van der Waals surface area contributed by atoms with Crippen molar-refractivity contribution in [2.24, 2.45) is 0 Å². The third-order valence-electron chi connectivity index (χ3n) is 3.02. The molecule has 122 valence electrons. The van der Waals surface area contributed by atoms with Gasteiger partial charge < -0.3 is 15.2 Å². The summed E-state index contributed by atoms with van der Waals surface area (Å²) in [5.41, 5.74) is 1.49. The monoisotopic (exact) mass is 362 g/mol. The lowest BCUT2D eigenvalue weighted by atomic mass is 10.2. The molecule has 1 aromatic carbocycles. The summed E-state index contributed by atoms with van der Waals surface area (Å²) in [6.45, 7) is 1.79. The highest BCUT2D eigenvalue weighted by molar-refractivity contribution is 6.35. The van der Waals surface area contributed by atoms with Crippen LogP contribution in [0.4, 0.5) is 17.2 Å². The molecule has 1 amide bonds. The molecule has 6 nitrogen and oxygen atoms in total. The number of carbonyl (C=O) groups is 1. The minimum absolute atomic E-state index is 0.333. The lowest BCUT2D eigenvalue weighted by Gasteiger charge is -2.08. The van der Waals surface area contributed by atoms with Gasteiger partial charge >= 0.3 is 0 Å². The second-order valence-electron chi connectivity index (χ2n) is 5.02. The topological polar surface area (TPSA) is 80.0 Å². The fraction of sp³-hybridized carbons (Fsp3) is 0.0625. The van der Waals surface area contributed by atoms with Crippen LogP contribution in [0.25, 0.3) is 0 Å². The second kappa shape index (κ2) is 6.90. The molecule has 0 aliphatic rings. The number of hydrogen-bond donors (Lipinski definition) is 2. The van der Waals surface area contributed by atoms with Crippen LogP contribution in [0.5, 0.6) is 0 Å². The number of amides is 1. The molecule has 0 fully saturated rings. The molecule has 0 unspecified atom stereocenters. The fourth-order valence-electron chi connectivity index (χ4n) is 2.03. The van der Waals surface area contributed by atoms with Crippen molar-refractivity contribution in [2.45, 2.75) is 6.92 Å². The number of aromatic nitrogens is 2. The predicted molar refractivity (Wildman–Crippen MR) is 93.2 cm³/mol. The van der Waals surface area contributed by atoms with E-state index >= 15 is 0 Å². The van der Waals surface area contributed by atoms with Gasteiger partial charge in [0.25, 0.3) is 5.91 Å². The van der Waals surface area contributed by atoms with E-state index in [-0.39, 0.29) is 5.91 Å². The van der Waals surface area contributed by atoms with E-state index in [1.54, 1.807) is 43.5 Å². The number of halogens is 2. The van der Waals surface area contributed by atoms with Gasteiger partial charge in [0.05, 0.1) is 17.4 Å². The van der Waals surface area contributed by atoms with Crippen LogP contribution < -0.4 is 10.6 Å². The zero-order chi connectivity index (χ0) is 17.1. The normalized spacial score (nSPS) is 10.5. The van der Waals surface area contributed by atoms with Crippen molar-refractivity contribution < 1.29 is 9.32 Å². The highest BCUT2D eigenvalue weighted by atomic mass is 35.5. The van der Waals surface area contributed by atoms with E-state index in [1.807, 2.05) is 0 Å². The number of aryl methyl sites for hydroxylation is 1. The lowest BCUT2D eigenvalue weighted by Crippen LogP contribution is -2.12. The first-order valence-electron chi connectivity index (χ1n) is 6.92. The Morgan fingerprint density at radius 1 is 1.04 bits per heavy atom. The van der Waals surface area contributed by atoms with Crippen LogP contribution in [-0.2, 0) is 0 Å². The van der Waals surface area contributed by atoms with Crippen molar-refractivity contribution in [3.8, 4) is 0 Å². The number of rotatable bonds is 4.